The summed E-state index contributed by atoms with van der Waals surface area (Å²) in [6.07, 6.45) is 0. The molecule has 6 heteroatoms. The van der Waals surface area contributed by atoms with Crippen LogP contribution in [-0.4, -0.2) is 16.7 Å². The first-order valence-electron chi connectivity index (χ1n) is 6.23. The van der Waals surface area contributed by atoms with Gasteiger partial charge < -0.3 is 0 Å². The minimum absolute atomic E-state index is 0.0655. The van der Waals surface area contributed by atoms with E-state index in [1.807, 2.05) is 13.0 Å². The van der Waals surface area contributed by atoms with Crippen LogP contribution in [0.1, 0.15) is 26.3 Å². The van der Waals surface area contributed by atoms with Crippen LogP contribution in [0.15, 0.2) is 42.5 Å². The van der Waals surface area contributed by atoms with Crippen molar-refractivity contribution >= 4 is 23.2 Å². The maximum atomic E-state index is 12.4. The molecule has 0 atom stereocenters. The number of hydrogen-bond acceptors (Lipinski definition) is 4. The van der Waals surface area contributed by atoms with Gasteiger partial charge in [-0.2, -0.15) is 0 Å². The van der Waals surface area contributed by atoms with Crippen LogP contribution in [-0.2, 0) is 0 Å². The van der Waals surface area contributed by atoms with E-state index in [1.54, 1.807) is 18.2 Å². The Balaban J connectivity index is 2.10. The Morgan fingerprint density at radius 1 is 1.00 bits per heavy atom. The molecule has 0 N–H and O–H groups in total. The SMILES string of the molecule is Cc1cccc(N2C(=O)c3ccc([N+](=O)[O-])cc3C2=O)c1. The third-order valence-electron chi connectivity index (χ3n) is 3.34. The highest BCUT2D eigenvalue weighted by Gasteiger charge is 2.37. The van der Waals surface area contributed by atoms with Crippen molar-refractivity contribution in [2.45, 2.75) is 6.92 Å². The molecule has 0 fully saturated rings. The van der Waals surface area contributed by atoms with E-state index >= 15 is 0 Å². The van der Waals surface area contributed by atoms with E-state index in [0.717, 1.165) is 16.5 Å². The molecule has 0 saturated heterocycles. The zero-order valence-corrected chi connectivity index (χ0v) is 11.1. The van der Waals surface area contributed by atoms with Gasteiger partial charge in [0.15, 0.2) is 0 Å². The smallest absolute Gasteiger partial charge is 0.268 e. The number of nitro benzene ring substituents is 1. The highest BCUT2D eigenvalue weighted by molar-refractivity contribution is 6.34. The van der Waals surface area contributed by atoms with Gasteiger partial charge in [0.25, 0.3) is 17.5 Å². The van der Waals surface area contributed by atoms with Crippen molar-refractivity contribution in [1.82, 2.24) is 0 Å². The summed E-state index contributed by atoms with van der Waals surface area (Å²) in [6, 6.07) is 10.7. The lowest BCUT2D eigenvalue weighted by atomic mass is 10.1. The molecule has 0 spiro atoms. The molecule has 104 valence electrons. The first kappa shape index (κ1) is 13.0. The Bertz CT molecular complexity index is 798. The lowest BCUT2D eigenvalue weighted by molar-refractivity contribution is -0.384. The monoisotopic (exact) mass is 282 g/mol. The molecular weight excluding hydrogens is 272 g/mol. The van der Waals surface area contributed by atoms with Crippen LogP contribution in [0.4, 0.5) is 11.4 Å². The van der Waals surface area contributed by atoms with Gasteiger partial charge in [0.2, 0.25) is 0 Å². The van der Waals surface area contributed by atoms with Crippen LogP contribution in [0.3, 0.4) is 0 Å². The molecule has 0 saturated carbocycles. The van der Waals surface area contributed by atoms with Crippen molar-refractivity contribution < 1.29 is 14.5 Å². The number of hydrogen-bond donors (Lipinski definition) is 0. The van der Waals surface area contributed by atoms with Crippen molar-refractivity contribution in [3.05, 3.63) is 69.3 Å². The quantitative estimate of drug-likeness (QED) is 0.482. The molecular formula is C15H10N2O4. The van der Waals surface area contributed by atoms with Crippen molar-refractivity contribution in [3.63, 3.8) is 0 Å². The molecule has 2 aromatic carbocycles. The highest BCUT2D eigenvalue weighted by atomic mass is 16.6. The van der Waals surface area contributed by atoms with E-state index in [0.29, 0.717) is 5.69 Å². The third-order valence-corrected chi connectivity index (χ3v) is 3.34. The zero-order valence-electron chi connectivity index (χ0n) is 11.1. The minimum atomic E-state index is -0.590. The first-order chi connectivity index (χ1) is 9.99. The normalized spacial score (nSPS) is 13.5. The summed E-state index contributed by atoms with van der Waals surface area (Å²) in [5.41, 5.74) is 1.42. The van der Waals surface area contributed by atoms with E-state index in [9.17, 15) is 19.7 Å². The standard InChI is InChI=1S/C15H10N2O4/c1-9-3-2-4-10(7-9)16-14(18)12-6-5-11(17(20)21)8-13(12)15(16)19/h2-8H,1H3. The van der Waals surface area contributed by atoms with Gasteiger partial charge in [-0.05, 0) is 30.7 Å². The van der Waals surface area contributed by atoms with Gasteiger partial charge in [-0.15, -0.1) is 0 Å². The molecule has 0 aliphatic carbocycles. The number of benzene rings is 2. The van der Waals surface area contributed by atoms with Gasteiger partial charge in [0.05, 0.1) is 21.7 Å². The van der Waals surface area contributed by atoms with Crippen molar-refractivity contribution in [3.8, 4) is 0 Å². The lowest BCUT2D eigenvalue weighted by Crippen LogP contribution is -2.29. The topological polar surface area (TPSA) is 80.5 Å². The predicted octanol–water partition coefficient (Wildman–Crippen LogP) is 2.70. The van der Waals surface area contributed by atoms with Gasteiger partial charge in [-0.1, -0.05) is 12.1 Å². The van der Waals surface area contributed by atoms with E-state index in [1.165, 1.54) is 12.1 Å². The third kappa shape index (κ3) is 1.97. The maximum Gasteiger partial charge on any atom is 0.270 e. The number of aryl methyl sites for hydroxylation is 1. The van der Waals surface area contributed by atoms with Crippen LogP contribution < -0.4 is 4.90 Å². The van der Waals surface area contributed by atoms with Gasteiger partial charge in [-0.3, -0.25) is 19.7 Å². The number of non-ortho nitro benzene ring substituents is 1. The maximum absolute atomic E-state index is 12.4. The van der Waals surface area contributed by atoms with E-state index in [-0.39, 0.29) is 16.8 Å². The van der Waals surface area contributed by atoms with Crippen molar-refractivity contribution in [1.29, 1.82) is 0 Å². The van der Waals surface area contributed by atoms with E-state index in [4.69, 9.17) is 0 Å². The molecule has 6 nitrogen and oxygen atoms in total. The number of rotatable bonds is 2. The predicted molar refractivity (Wildman–Crippen MR) is 75.4 cm³/mol. The summed E-state index contributed by atoms with van der Waals surface area (Å²) in [6.45, 7) is 1.85. The molecule has 0 unspecified atom stereocenters. The highest BCUT2D eigenvalue weighted by Crippen LogP contribution is 2.30. The average molecular weight is 282 g/mol. The first-order valence-corrected chi connectivity index (χ1v) is 6.23. The van der Waals surface area contributed by atoms with Gasteiger partial charge in [0.1, 0.15) is 0 Å². The van der Waals surface area contributed by atoms with Gasteiger partial charge in [0, 0.05) is 12.1 Å². The number of imide groups is 1. The fraction of sp³-hybridized carbons (Fsp3) is 0.0667. The number of carbonyl (C=O) groups excluding carboxylic acids is 2. The summed E-state index contributed by atoms with van der Waals surface area (Å²) in [7, 11) is 0. The largest absolute Gasteiger partial charge is 0.270 e. The summed E-state index contributed by atoms with van der Waals surface area (Å²) < 4.78 is 0. The summed E-state index contributed by atoms with van der Waals surface area (Å²) in [5.74, 6) is -1.00. The van der Waals surface area contributed by atoms with Gasteiger partial charge >= 0.3 is 0 Å². The molecule has 2 aromatic rings. The van der Waals surface area contributed by atoms with Crippen LogP contribution in [0.5, 0.6) is 0 Å². The Labute approximate surface area is 119 Å². The summed E-state index contributed by atoms with van der Waals surface area (Å²) in [4.78, 5) is 35.9. The molecule has 1 aliphatic rings. The summed E-state index contributed by atoms with van der Waals surface area (Å²) in [5, 5.41) is 10.8. The molecule has 21 heavy (non-hydrogen) atoms. The number of nitro groups is 1. The number of carbonyl (C=O) groups is 2. The molecule has 1 heterocycles. The van der Waals surface area contributed by atoms with Gasteiger partial charge in [-0.25, -0.2) is 4.90 Å². The Morgan fingerprint density at radius 2 is 1.71 bits per heavy atom. The Morgan fingerprint density at radius 3 is 2.38 bits per heavy atom. The number of amides is 2. The molecule has 0 bridgehead atoms. The molecule has 0 radical (unpaired) electrons. The molecule has 2 amide bonds. The second kappa shape index (κ2) is 4.52. The van der Waals surface area contributed by atoms with E-state index in [2.05, 4.69) is 0 Å². The molecule has 1 aliphatic heterocycles. The molecule has 0 aromatic heterocycles. The van der Waals surface area contributed by atoms with Crippen molar-refractivity contribution in [2.75, 3.05) is 4.90 Å². The van der Waals surface area contributed by atoms with Crippen molar-refractivity contribution in [2.24, 2.45) is 0 Å². The Hall–Kier alpha value is -3.02. The zero-order chi connectivity index (χ0) is 15.1. The van der Waals surface area contributed by atoms with Crippen LogP contribution in [0.2, 0.25) is 0 Å². The number of fused-ring (bicyclic) bond motifs is 1. The van der Waals surface area contributed by atoms with E-state index < -0.39 is 16.7 Å². The fourth-order valence-corrected chi connectivity index (χ4v) is 2.34. The second-order valence-electron chi connectivity index (χ2n) is 4.77. The average Bonchev–Trinajstić information content (AvgIpc) is 2.70. The van der Waals surface area contributed by atoms with Crippen LogP contribution in [0, 0.1) is 17.0 Å². The number of nitrogens with zero attached hydrogens (tertiary/aromatic N) is 2. The molecule has 3 rings (SSSR count). The Kier molecular flexibility index (Phi) is 2.79. The second-order valence-corrected chi connectivity index (χ2v) is 4.77. The lowest BCUT2D eigenvalue weighted by Gasteiger charge is -2.14. The minimum Gasteiger partial charge on any atom is -0.268 e. The van der Waals surface area contributed by atoms with Crippen LogP contribution in [0.25, 0.3) is 0 Å². The fourth-order valence-electron chi connectivity index (χ4n) is 2.34. The number of anilines is 1. The van der Waals surface area contributed by atoms with Crippen LogP contribution >= 0.6 is 0 Å². The summed E-state index contributed by atoms with van der Waals surface area (Å²) >= 11 is 0.